The highest BCUT2D eigenvalue weighted by Gasteiger charge is 2.19. The van der Waals surface area contributed by atoms with E-state index in [9.17, 15) is 9.59 Å². The number of methoxy groups -OCH3 is 1. The number of ether oxygens (including phenoxy) is 2. The van der Waals surface area contributed by atoms with Crippen LogP contribution < -0.4 is 10.1 Å². The summed E-state index contributed by atoms with van der Waals surface area (Å²) in [6.07, 6.45) is 0. The Morgan fingerprint density at radius 2 is 1.74 bits per heavy atom. The van der Waals surface area contributed by atoms with Crippen molar-refractivity contribution in [3.8, 4) is 17.2 Å². The van der Waals surface area contributed by atoms with Crippen LogP contribution >= 0.6 is 0 Å². The number of nitrogens with zero attached hydrogens (tertiary/aromatic N) is 3. The number of benzene rings is 2. The maximum absolute atomic E-state index is 12.8. The molecule has 4 rings (SSSR count). The summed E-state index contributed by atoms with van der Waals surface area (Å²) in [4.78, 5) is 27.1. The maximum Gasteiger partial charge on any atom is 0.255 e. The molecule has 1 aliphatic rings. The first-order valence-electron chi connectivity index (χ1n) is 9.82. The van der Waals surface area contributed by atoms with Gasteiger partial charge in [0.1, 0.15) is 5.75 Å². The quantitative estimate of drug-likeness (QED) is 0.674. The first kappa shape index (κ1) is 20.5. The molecule has 0 bridgehead atoms. The van der Waals surface area contributed by atoms with Gasteiger partial charge in [0.15, 0.2) is 0 Å². The van der Waals surface area contributed by atoms with Crippen LogP contribution in [0.25, 0.3) is 11.5 Å². The molecule has 1 saturated heterocycles. The third-order valence-electron chi connectivity index (χ3n) is 4.91. The van der Waals surface area contributed by atoms with Gasteiger partial charge in [-0.2, -0.15) is 0 Å². The second kappa shape index (κ2) is 8.97. The molecule has 0 unspecified atom stereocenters. The Bertz CT molecular complexity index is 1090. The fourth-order valence-corrected chi connectivity index (χ4v) is 3.26. The van der Waals surface area contributed by atoms with Gasteiger partial charge in [-0.15, -0.1) is 10.2 Å². The van der Waals surface area contributed by atoms with Gasteiger partial charge in [0, 0.05) is 36.7 Å². The van der Waals surface area contributed by atoms with Crippen molar-refractivity contribution in [3.05, 3.63) is 59.5 Å². The molecule has 2 aromatic carbocycles. The molecule has 2 amide bonds. The molecule has 0 atom stereocenters. The lowest BCUT2D eigenvalue weighted by Gasteiger charge is -2.26. The predicted molar refractivity (Wildman–Crippen MR) is 112 cm³/mol. The van der Waals surface area contributed by atoms with E-state index in [1.54, 1.807) is 54.3 Å². The number of anilines is 1. The smallest absolute Gasteiger partial charge is 0.255 e. The summed E-state index contributed by atoms with van der Waals surface area (Å²) in [5, 5.41) is 10.7. The van der Waals surface area contributed by atoms with Crippen molar-refractivity contribution in [2.75, 3.05) is 38.7 Å². The van der Waals surface area contributed by atoms with Gasteiger partial charge in [-0.25, -0.2) is 0 Å². The second-order valence-electron chi connectivity index (χ2n) is 6.98. The van der Waals surface area contributed by atoms with Gasteiger partial charge in [0.25, 0.3) is 11.8 Å². The fraction of sp³-hybridized carbons (Fsp3) is 0.273. The lowest BCUT2D eigenvalue weighted by Crippen LogP contribution is -2.40. The molecular formula is C22H22N4O5. The summed E-state index contributed by atoms with van der Waals surface area (Å²) in [6.45, 7) is 3.91. The van der Waals surface area contributed by atoms with Crippen molar-refractivity contribution in [2.24, 2.45) is 0 Å². The molecule has 9 nitrogen and oxygen atoms in total. The summed E-state index contributed by atoms with van der Waals surface area (Å²) in [6, 6.07) is 11.8. The first-order chi connectivity index (χ1) is 15.0. The third kappa shape index (κ3) is 4.56. The summed E-state index contributed by atoms with van der Waals surface area (Å²) < 4.78 is 16.1. The summed E-state index contributed by atoms with van der Waals surface area (Å²) in [7, 11) is 1.52. The number of carbonyl (C=O) groups is 2. The Hall–Kier alpha value is -3.72. The van der Waals surface area contributed by atoms with Gasteiger partial charge in [0.2, 0.25) is 11.8 Å². The number of rotatable bonds is 5. The number of amides is 2. The van der Waals surface area contributed by atoms with Crippen LogP contribution in [0.1, 0.15) is 26.6 Å². The van der Waals surface area contributed by atoms with E-state index in [1.165, 1.54) is 7.11 Å². The number of hydrogen-bond donors (Lipinski definition) is 1. The van der Waals surface area contributed by atoms with Crippen LogP contribution in [0.15, 0.2) is 46.9 Å². The van der Waals surface area contributed by atoms with Gasteiger partial charge in [0.05, 0.1) is 26.0 Å². The van der Waals surface area contributed by atoms with E-state index in [4.69, 9.17) is 13.9 Å². The second-order valence-corrected chi connectivity index (χ2v) is 6.98. The zero-order valence-corrected chi connectivity index (χ0v) is 17.3. The molecule has 160 valence electrons. The normalized spacial score (nSPS) is 13.7. The average Bonchev–Trinajstić information content (AvgIpc) is 3.25. The minimum absolute atomic E-state index is 0.0699. The largest absolute Gasteiger partial charge is 0.495 e. The van der Waals surface area contributed by atoms with E-state index in [0.717, 1.165) is 0 Å². The van der Waals surface area contributed by atoms with Crippen molar-refractivity contribution >= 4 is 17.5 Å². The zero-order chi connectivity index (χ0) is 21.8. The molecule has 1 aromatic heterocycles. The van der Waals surface area contributed by atoms with E-state index < -0.39 is 0 Å². The molecule has 9 heteroatoms. The minimum atomic E-state index is -0.331. The third-order valence-corrected chi connectivity index (χ3v) is 4.91. The van der Waals surface area contributed by atoms with E-state index >= 15 is 0 Å². The summed E-state index contributed by atoms with van der Waals surface area (Å²) >= 11 is 0. The lowest BCUT2D eigenvalue weighted by atomic mass is 10.1. The Balaban J connectivity index is 1.50. The predicted octanol–water partition coefficient (Wildman–Crippen LogP) is 2.78. The van der Waals surface area contributed by atoms with Crippen molar-refractivity contribution in [1.82, 2.24) is 15.1 Å². The standard InChI is InChI=1S/C22H22N4O5/c1-14-24-25-21(31-14)17-7-8-19(29-2)18(13-17)23-20(27)15-3-5-16(6-4-15)22(28)26-9-11-30-12-10-26/h3-8,13H,9-12H2,1-2H3,(H,23,27). The molecule has 1 N–H and O–H groups in total. The van der Waals surface area contributed by atoms with Crippen molar-refractivity contribution in [2.45, 2.75) is 6.92 Å². The van der Waals surface area contributed by atoms with Gasteiger partial charge < -0.3 is 24.1 Å². The highest BCUT2D eigenvalue weighted by Crippen LogP contribution is 2.30. The fourth-order valence-electron chi connectivity index (χ4n) is 3.26. The van der Waals surface area contributed by atoms with Crippen LogP contribution in [-0.2, 0) is 4.74 Å². The molecule has 0 radical (unpaired) electrons. The molecule has 31 heavy (non-hydrogen) atoms. The monoisotopic (exact) mass is 422 g/mol. The number of nitrogens with one attached hydrogen (secondary N) is 1. The number of hydrogen-bond acceptors (Lipinski definition) is 7. The van der Waals surface area contributed by atoms with Gasteiger partial charge in [-0.1, -0.05) is 0 Å². The molecule has 1 aliphatic heterocycles. The van der Waals surface area contributed by atoms with Crippen LogP contribution in [0, 0.1) is 6.92 Å². The molecule has 3 aromatic rings. The number of aryl methyl sites for hydroxylation is 1. The maximum atomic E-state index is 12.8. The highest BCUT2D eigenvalue weighted by atomic mass is 16.5. The van der Waals surface area contributed by atoms with E-state index in [-0.39, 0.29) is 11.8 Å². The molecule has 1 fully saturated rings. The first-order valence-corrected chi connectivity index (χ1v) is 9.82. The Kier molecular flexibility index (Phi) is 5.94. The number of aromatic nitrogens is 2. The van der Waals surface area contributed by atoms with Gasteiger partial charge in [-0.3, -0.25) is 9.59 Å². The average molecular weight is 422 g/mol. The topological polar surface area (TPSA) is 107 Å². The van der Waals surface area contributed by atoms with Crippen LogP contribution in [0.2, 0.25) is 0 Å². The Morgan fingerprint density at radius 3 is 2.39 bits per heavy atom. The zero-order valence-electron chi connectivity index (χ0n) is 17.3. The SMILES string of the molecule is COc1ccc(-c2nnc(C)o2)cc1NC(=O)c1ccc(C(=O)N2CCOCC2)cc1. The lowest BCUT2D eigenvalue weighted by molar-refractivity contribution is 0.0303. The molecule has 2 heterocycles. The Morgan fingerprint density at radius 1 is 1.03 bits per heavy atom. The van der Waals surface area contributed by atoms with Crippen LogP contribution in [-0.4, -0.2) is 60.3 Å². The Labute approximate surface area is 179 Å². The summed E-state index contributed by atoms with van der Waals surface area (Å²) in [5.41, 5.74) is 2.07. The van der Waals surface area contributed by atoms with Crippen LogP contribution in [0.3, 0.4) is 0 Å². The molecule has 0 saturated carbocycles. The summed E-state index contributed by atoms with van der Waals surface area (Å²) in [5.74, 6) is 0.888. The molecule has 0 spiro atoms. The molecule has 0 aliphatic carbocycles. The highest BCUT2D eigenvalue weighted by molar-refractivity contribution is 6.06. The molecular weight excluding hydrogens is 400 g/mol. The van der Waals surface area contributed by atoms with Crippen LogP contribution in [0.4, 0.5) is 5.69 Å². The van der Waals surface area contributed by atoms with Crippen molar-refractivity contribution in [3.63, 3.8) is 0 Å². The number of morpholine rings is 1. The van der Waals surface area contributed by atoms with Crippen LogP contribution in [0.5, 0.6) is 5.75 Å². The van der Waals surface area contributed by atoms with E-state index in [0.29, 0.717) is 66.2 Å². The van der Waals surface area contributed by atoms with E-state index in [1.807, 2.05) is 0 Å². The van der Waals surface area contributed by atoms with E-state index in [2.05, 4.69) is 15.5 Å². The van der Waals surface area contributed by atoms with Gasteiger partial charge in [-0.05, 0) is 42.5 Å². The van der Waals surface area contributed by atoms with Crippen molar-refractivity contribution < 1.29 is 23.5 Å². The minimum Gasteiger partial charge on any atom is -0.495 e. The number of carbonyl (C=O) groups excluding carboxylic acids is 2. The van der Waals surface area contributed by atoms with Gasteiger partial charge >= 0.3 is 0 Å². The van der Waals surface area contributed by atoms with Crippen molar-refractivity contribution in [1.29, 1.82) is 0 Å².